The number of esters is 1. The minimum atomic E-state index is -0.998. The third kappa shape index (κ3) is 2.08. The van der Waals surface area contributed by atoms with Gasteiger partial charge < -0.3 is 9.47 Å². The molecule has 3 saturated heterocycles. The molecule has 3 heterocycles. The normalized spacial score (nSPS) is 38.3. The molecular formula is C16H19NO4. The van der Waals surface area contributed by atoms with E-state index in [4.69, 9.17) is 14.3 Å². The van der Waals surface area contributed by atoms with Crippen LogP contribution in [0.1, 0.15) is 25.3 Å². The molecule has 0 amide bonds. The fraction of sp³-hybridized carbons (Fsp3) is 0.562. The molecule has 0 aromatic heterocycles. The van der Waals surface area contributed by atoms with E-state index in [1.807, 2.05) is 35.4 Å². The van der Waals surface area contributed by atoms with Crippen molar-refractivity contribution >= 4 is 5.97 Å². The van der Waals surface area contributed by atoms with E-state index in [0.29, 0.717) is 6.61 Å². The largest absolute Gasteiger partial charge is 0.430 e. The Morgan fingerprint density at radius 1 is 1.38 bits per heavy atom. The molecule has 3 aliphatic heterocycles. The molecule has 1 aromatic carbocycles. The quantitative estimate of drug-likeness (QED) is 0.795. The molecule has 4 rings (SSSR count). The maximum atomic E-state index is 12.2. The van der Waals surface area contributed by atoms with Crippen LogP contribution in [0.3, 0.4) is 0 Å². The smallest absolute Gasteiger partial charge is 0.316 e. The first-order chi connectivity index (χ1) is 10.2. The molecule has 0 aliphatic carbocycles. The van der Waals surface area contributed by atoms with Gasteiger partial charge in [-0.2, -0.15) is 5.06 Å². The molecule has 0 bridgehead atoms. The third-order valence-electron chi connectivity index (χ3n) is 4.70. The summed E-state index contributed by atoms with van der Waals surface area (Å²) in [5.41, 5.74) is 1.05. The lowest BCUT2D eigenvalue weighted by atomic mass is 9.92. The van der Waals surface area contributed by atoms with Gasteiger partial charge in [-0.15, -0.1) is 0 Å². The predicted molar refractivity (Wildman–Crippen MR) is 73.8 cm³/mol. The Morgan fingerprint density at radius 3 is 3.00 bits per heavy atom. The van der Waals surface area contributed by atoms with Crippen LogP contribution >= 0.6 is 0 Å². The lowest BCUT2D eigenvalue weighted by Crippen LogP contribution is -2.41. The number of carbonyl (C=O) groups excluding carboxylic acids is 1. The van der Waals surface area contributed by atoms with E-state index in [-0.39, 0.29) is 24.0 Å². The molecule has 112 valence electrons. The van der Waals surface area contributed by atoms with Crippen LogP contribution in [0.15, 0.2) is 30.3 Å². The maximum absolute atomic E-state index is 12.2. The zero-order chi connectivity index (χ0) is 14.4. The molecule has 5 nitrogen and oxygen atoms in total. The number of hydrogen-bond acceptors (Lipinski definition) is 5. The van der Waals surface area contributed by atoms with Crippen LogP contribution in [0.2, 0.25) is 0 Å². The summed E-state index contributed by atoms with van der Waals surface area (Å²) in [7, 11) is 0. The first kappa shape index (κ1) is 13.2. The van der Waals surface area contributed by atoms with Crippen molar-refractivity contribution < 1.29 is 19.1 Å². The minimum Gasteiger partial charge on any atom is -0.430 e. The molecular weight excluding hydrogens is 270 g/mol. The maximum Gasteiger partial charge on any atom is 0.316 e. The van der Waals surface area contributed by atoms with Crippen LogP contribution < -0.4 is 0 Å². The van der Waals surface area contributed by atoms with Gasteiger partial charge in [0.05, 0.1) is 12.6 Å². The van der Waals surface area contributed by atoms with Gasteiger partial charge in [0, 0.05) is 13.5 Å². The number of cyclic esters (lactones) is 1. The van der Waals surface area contributed by atoms with E-state index in [1.54, 1.807) is 6.92 Å². The number of ether oxygens (including phenoxy) is 2. The highest BCUT2D eigenvalue weighted by molar-refractivity contribution is 5.77. The number of nitrogens with zero attached hydrogens (tertiary/aromatic N) is 1. The van der Waals surface area contributed by atoms with E-state index in [9.17, 15) is 4.79 Å². The summed E-state index contributed by atoms with van der Waals surface area (Å²) >= 11 is 0. The van der Waals surface area contributed by atoms with Gasteiger partial charge in [-0.25, -0.2) is 0 Å². The van der Waals surface area contributed by atoms with Crippen molar-refractivity contribution in [1.29, 1.82) is 0 Å². The lowest BCUT2D eigenvalue weighted by molar-refractivity contribution is -0.281. The molecule has 5 heteroatoms. The van der Waals surface area contributed by atoms with Crippen molar-refractivity contribution in [2.24, 2.45) is 5.92 Å². The second kappa shape index (κ2) is 4.80. The number of benzene rings is 1. The average Bonchev–Trinajstić information content (AvgIpc) is 3.11. The van der Waals surface area contributed by atoms with E-state index in [2.05, 4.69) is 0 Å². The van der Waals surface area contributed by atoms with Gasteiger partial charge in [0.25, 0.3) is 0 Å². The highest BCUT2D eigenvalue weighted by Gasteiger charge is 2.64. The number of fused-ring (bicyclic) bond motifs is 3. The summed E-state index contributed by atoms with van der Waals surface area (Å²) in [6, 6.07) is 10.0. The van der Waals surface area contributed by atoms with Gasteiger partial charge in [-0.1, -0.05) is 30.3 Å². The van der Waals surface area contributed by atoms with Crippen molar-refractivity contribution in [3.8, 4) is 0 Å². The molecule has 0 spiro atoms. The predicted octanol–water partition coefficient (Wildman–Crippen LogP) is 1.87. The summed E-state index contributed by atoms with van der Waals surface area (Å²) < 4.78 is 11.5. The highest BCUT2D eigenvalue weighted by atomic mass is 16.8. The summed E-state index contributed by atoms with van der Waals surface area (Å²) in [6.45, 7) is 3.10. The minimum absolute atomic E-state index is 0.157. The Hall–Kier alpha value is -1.43. The Kier molecular flexibility index (Phi) is 3.03. The molecule has 21 heavy (non-hydrogen) atoms. The van der Waals surface area contributed by atoms with Crippen molar-refractivity contribution in [3.63, 3.8) is 0 Å². The summed E-state index contributed by atoms with van der Waals surface area (Å²) in [6.07, 6.45) is 1.73. The van der Waals surface area contributed by atoms with Crippen LogP contribution in [0.5, 0.6) is 0 Å². The molecule has 0 N–H and O–H groups in total. The topological polar surface area (TPSA) is 48.0 Å². The van der Waals surface area contributed by atoms with Gasteiger partial charge in [-0.3, -0.25) is 9.63 Å². The molecule has 1 aromatic rings. The highest BCUT2D eigenvalue weighted by Crippen LogP contribution is 2.46. The lowest BCUT2D eigenvalue weighted by Gasteiger charge is -2.29. The second-order valence-electron chi connectivity index (χ2n) is 6.11. The number of rotatable bonds is 3. The summed E-state index contributed by atoms with van der Waals surface area (Å²) in [4.78, 5) is 18.2. The number of hydroxylamine groups is 2. The van der Waals surface area contributed by atoms with E-state index in [1.165, 1.54) is 0 Å². The van der Waals surface area contributed by atoms with Crippen molar-refractivity contribution in [3.05, 3.63) is 35.9 Å². The van der Waals surface area contributed by atoms with Crippen LogP contribution in [0, 0.1) is 5.92 Å². The fourth-order valence-corrected chi connectivity index (χ4v) is 3.61. The van der Waals surface area contributed by atoms with Gasteiger partial charge >= 0.3 is 5.97 Å². The first-order valence-corrected chi connectivity index (χ1v) is 7.51. The second-order valence-corrected chi connectivity index (χ2v) is 6.11. The standard InChI is InChI=1S/C16H19NO4/c1-16(19-10-11-6-3-2-4-7-11)14-13(15(18)20-16)12-8-5-9-17(12)21-14/h2-4,6-7,12-14H,5,8-10H2,1H3/t12-,13-,14+,16+/m1/s1. The Bertz CT molecular complexity index is 548. The van der Waals surface area contributed by atoms with Gasteiger partial charge in [0.1, 0.15) is 5.92 Å². The molecule has 3 fully saturated rings. The SMILES string of the molecule is C[C@]1(OCc2ccccc2)OC(=O)[C@@H]2[C@H]3CCCN3O[C@@H]21. The van der Waals surface area contributed by atoms with E-state index >= 15 is 0 Å². The number of carbonyl (C=O) groups is 1. The zero-order valence-electron chi connectivity index (χ0n) is 12.0. The van der Waals surface area contributed by atoms with Crippen LogP contribution in [0.25, 0.3) is 0 Å². The van der Waals surface area contributed by atoms with Crippen LogP contribution in [-0.4, -0.2) is 35.5 Å². The molecule has 3 aliphatic rings. The molecule has 0 saturated carbocycles. The Labute approximate surface area is 123 Å². The van der Waals surface area contributed by atoms with E-state index in [0.717, 1.165) is 24.9 Å². The molecule has 0 radical (unpaired) electrons. The number of hydrogen-bond donors (Lipinski definition) is 0. The Balaban J connectivity index is 1.51. The molecule has 0 unspecified atom stereocenters. The third-order valence-corrected chi connectivity index (χ3v) is 4.70. The summed E-state index contributed by atoms with van der Waals surface area (Å²) in [5, 5.41) is 1.94. The van der Waals surface area contributed by atoms with Crippen LogP contribution in [-0.2, 0) is 25.7 Å². The first-order valence-electron chi connectivity index (χ1n) is 7.51. The fourth-order valence-electron chi connectivity index (χ4n) is 3.61. The summed E-state index contributed by atoms with van der Waals surface area (Å²) in [5.74, 6) is -1.40. The monoisotopic (exact) mass is 289 g/mol. The zero-order valence-corrected chi connectivity index (χ0v) is 12.0. The Morgan fingerprint density at radius 2 is 2.19 bits per heavy atom. The van der Waals surface area contributed by atoms with Crippen LogP contribution in [0.4, 0.5) is 0 Å². The van der Waals surface area contributed by atoms with Crippen molar-refractivity contribution in [2.45, 2.75) is 44.3 Å². The van der Waals surface area contributed by atoms with Crippen molar-refractivity contribution in [2.75, 3.05) is 6.54 Å². The van der Waals surface area contributed by atoms with Gasteiger partial charge in [-0.05, 0) is 18.4 Å². The average molecular weight is 289 g/mol. The van der Waals surface area contributed by atoms with E-state index < -0.39 is 5.79 Å². The van der Waals surface area contributed by atoms with Gasteiger partial charge in [0.2, 0.25) is 5.79 Å². The van der Waals surface area contributed by atoms with Gasteiger partial charge in [0.15, 0.2) is 6.10 Å². The van der Waals surface area contributed by atoms with Crippen molar-refractivity contribution in [1.82, 2.24) is 5.06 Å². The molecule has 4 atom stereocenters.